The van der Waals surface area contributed by atoms with Gasteiger partial charge in [-0.1, -0.05) is 17.7 Å². The van der Waals surface area contributed by atoms with Crippen molar-refractivity contribution in [2.75, 3.05) is 44.7 Å². The number of amides is 3. The van der Waals surface area contributed by atoms with E-state index in [1.54, 1.807) is 11.9 Å². The molecule has 2 saturated heterocycles. The molecule has 130 valence electrons. The van der Waals surface area contributed by atoms with Crippen molar-refractivity contribution in [3.05, 3.63) is 29.3 Å². The number of nitrogens with one attached hydrogen (secondary N) is 1. The molecule has 1 aromatic rings. The van der Waals surface area contributed by atoms with E-state index in [4.69, 9.17) is 11.6 Å². The lowest BCUT2D eigenvalue weighted by atomic mass is 10.1. The number of hydrogen-bond donors (Lipinski definition) is 1. The maximum absolute atomic E-state index is 12.4. The summed E-state index contributed by atoms with van der Waals surface area (Å²) < 4.78 is 0. The largest absolute Gasteiger partial charge is 0.368 e. The minimum absolute atomic E-state index is 0.0338. The van der Waals surface area contributed by atoms with E-state index >= 15 is 0 Å². The van der Waals surface area contributed by atoms with Crippen molar-refractivity contribution in [1.82, 2.24) is 15.1 Å². The van der Waals surface area contributed by atoms with Crippen molar-refractivity contribution >= 4 is 29.2 Å². The minimum Gasteiger partial charge on any atom is -0.368 e. The maximum Gasteiger partial charge on any atom is 0.317 e. The Morgan fingerprint density at radius 1 is 1.25 bits per heavy atom. The lowest BCUT2D eigenvalue weighted by molar-refractivity contribution is -0.132. The van der Waals surface area contributed by atoms with Crippen LogP contribution in [0.3, 0.4) is 0 Å². The first-order valence-electron chi connectivity index (χ1n) is 8.33. The SMILES string of the molecule is CN1CC(NC(=O)N2CCN(c3cccc(Cl)c3)CC2)CCC1=O. The van der Waals surface area contributed by atoms with Crippen LogP contribution in [0.2, 0.25) is 5.02 Å². The van der Waals surface area contributed by atoms with Gasteiger partial charge in [-0.25, -0.2) is 4.79 Å². The second-order valence-electron chi connectivity index (χ2n) is 6.41. The van der Waals surface area contributed by atoms with E-state index in [2.05, 4.69) is 10.2 Å². The van der Waals surface area contributed by atoms with E-state index in [9.17, 15) is 9.59 Å². The third-order valence-corrected chi connectivity index (χ3v) is 4.93. The molecule has 0 spiro atoms. The molecule has 0 aliphatic carbocycles. The fourth-order valence-corrected chi connectivity index (χ4v) is 3.42. The van der Waals surface area contributed by atoms with E-state index in [0.717, 1.165) is 30.2 Å². The predicted molar refractivity (Wildman–Crippen MR) is 94.4 cm³/mol. The van der Waals surface area contributed by atoms with Crippen LogP contribution >= 0.6 is 11.6 Å². The fraction of sp³-hybridized carbons (Fsp3) is 0.529. The lowest BCUT2D eigenvalue weighted by Gasteiger charge is -2.37. The van der Waals surface area contributed by atoms with Crippen LogP contribution in [-0.2, 0) is 4.79 Å². The van der Waals surface area contributed by atoms with Crippen LogP contribution in [0.15, 0.2) is 24.3 Å². The molecule has 1 N–H and O–H groups in total. The van der Waals surface area contributed by atoms with Crippen molar-refractivity contribution in [2.24, 2.45) is 0 Å². The smallest absolute Gasteiger partial charge is 0.317 e. The molecule has 1 atom stereocenters. The van der Waals surface area contributed by atoms with E-state index in [1.165, 1.54) is 0 Å². The zero-order chi connectivity index (χ0) is 17.1. The summed E-state index contributed by atoms with van der Waals surface area (Å²) in [6, 6.07) is 7.81. The number of likely N-dealkylation sites (tertiary alicyclic amines) is 1. The number of hydrogen-bond acceptors (Lipinski definition) is 3. The fourth-order valence-electron chi connectivity index (χ4n) is 3.24. The van der Waals surface area contributed by atoms with Gasteiger partial charge in [0.1, 0.15) is 0 Å². The van der Waals surface area contributed by atoms with E-state index in [-0.39, 0.29) is 18.0 Å². The van der Waals surface area contributed by atoms with Gasteiger partial charge in [0.15, 0.2) is 0 Å². The van der Waals surface area contributed by atoms with Crippen molar-refractivity contribution < 1.29 is 9.59 Å². The second kappa shape index (κ2) is 7.30. The molecular weight excluding hydrogens is 328 g/mol. The van der Waals surface area contributed by atoms with Crippen molar-refractivity contribution in [1.29, 1.82) is 0 Å². The molecule has 0 bridgehead atoms. The van der Waals surface area contributed by atoms with Gasteiger partial charge in [-0.05, 0) is 24.6 Å². The topological polar surface area (TPSA) is 55.9 Å². The average molecular weight is 351 g/mol. The molecule has 2 aliphatic heterocycles. The molecule has 3 rings (SSSR count). The molecule has 0 radical (unpaired) electrons. The third-order valence-electron chi connectivity index (χ3n) is 4.69. The Kier molecular flexibility index (Phi) is 5.14. The minimum atomic E-state index is -0.0338. The van der Waals surface area contributed by atoms with Gasteiger partial charge < -0.3 is 20.0 Å². The zero-order valence-electron chi connectivity index (χ0n) is 13.9. The summed E-state index contributed by atoms with van der Waals surface area (Å²) in [6.07, 6.45) is 1.22. The van der Waals surface area contributed by atoms with Crippen molar-refractivity contribution in [2.45, 2.75) is 18.9 Å². The highest BCUT2D eigenvalue weighted by Crippen LogP contribution is 2.21. The van der Waals surface area contributed by atoms with Gasteiger partial charge in [-0.2, -0.15) is 0 Å². The molecule has 2 fully saturated rings. The second-order valence-corrected chi connectivity index (χ2v) is 6.85. The van der Waals surface area contributed by atoms with Crippen molar-refractivity contribution in [3.63, 3.8) is 0 Å². The molecule has 2 heterocycles. The Labute approximate surface area is 147 Å². The first-order chi connectivity index (χ1) is 11.5. The number of piperidine rings is 1. The number of halogens is 1. The monoisotopic (exact) mass is 350 g/mol. The molecule has 1 aromatic carbocycles. The van der Waals surface area contributed by atoms with Gasteiger partial charge in [0.2, 0.25) is 5.91 Å². The number of rotatable bonds is 2. The highest BCUT2D eigenvalue weighted by molar-refractivity contribution is 6.30. The quantitative estimate of drug-likeness (QED) is 0.884. The lowest BCUT2D eigenvalue weighted by Crippen LogP contribution is -2.56. The van der Waals surface area contributed by atoms with Gasteiger partial charge >= 0.3 is 6.03 Å². The molecule has 3 amide bonds. The van der Waals surface area contributed by atoms with Crippen LogP contribution in [0.4, 0.5) is 10.5 Å². The van der Waals surface area contributed by atoms with Gasteiger partial charge in [0.25, 0.3) is 0 Å². The van der Waals surface area contributed by atoms with E-state index < -0.39 is 0 Å². The Bertz CT molecular complexity index is 616. The average Bonchev–Trinajstić information content (AvgIpc) is 2.58. The highest BCUT2D eigenvalue weighted by atomic mass is 35.5. The Morgan fingerprint density at radius 3 is 2.67 bits per heavy atom. The van der Waals surface area contributed by atoms with E-state index in [1.807, 2.05) is 29.2 Å². The first kappa shape index (κ1) is 16.9. The summed E-state index contributed by atoms with van der Waals surface area (Å²) in [7, 11) is 1.78. The molecule has 6 nitrogen and oxygen atoms in total. The number of benzene rings is 1. The third kappa shape index (κ3) is 3.93. The summed E-state index contributed by atoms with van der Waals surface area (Å²) in [5, 5.41) is 3.78. The summed E-state index contributed by atoms with van der Waals surface area (Å²) in [5.74, 6) is 0.149. The summed E-state index contributed by atoms with van der Waals surface area (Å²) >= 11 is 6.04. The van der Waals surface area contributed by atoms with Gasteiger partial charge in [0.05, 0.1) is 0 Å². The number of piperazine rings is 1. The molecular formula is C17H23ClN4O2. The standard InChI is InChI=1S/C17H23ClN4O2/c1-20-12-14(5-6-16(20)23)19-17(24)22-9-7-21(8-10-22)15-4-2-3-13(18)11-15/h2-4,11,14H,5-10,12H2,1H3,(H,19,24). The van der Waals surface area contributed by atoms with Crippen LogP contribution in [0.1, 0.15) is 12.8 Å². The maximum atomic E-state index is 12.4. The zero-order valence-corrected chi connectivity index (χ0v) is 14.6. The van der Waals surface area contributed by atoms with Gasteiger partial charge in [-0.15, -0.1) is 0 Å². The number of carbonyl (C=O) groups excluding carboxylic acids is 2. The highest BCUT2D eigenvalue weighted by Gasteiger charge is 2.27. The van der Waals surface area contributed by atoms with Crippen molar-refractivity contribution in [3.8, 4) is 0 Å². The van der Waals surface area contributed by atoms with Crippen LogP contribution < -0.4 is 10.2 Å². The van der Waals surface area contributed by atoms with Crippen LogP contribution in [-0.4, -0.2) is 67.6 Å². The number of urea groups is 1. The molecule has 0 saturated carbocycles. The molecule has 24 heavy (non-hydrogen) atoms. The van der Waals surface area contributed by atoms with Gasteiger partial charge in [-0.3, -0.25) is 4.79 Å². The summed E-state index contributed by atoms with van der Waals surface area (Å²) in [6.45, 7) is 3.53. The Hall–Kier alpha value is -1.95. The molecule has 7 heteroatoms. The van der Waals surface area contributed by atoms with Crippen LogP contribution in [0.5, 0.6) is 0 Å². The number of likely N-dealkylation sites (N-methyl/N-ethyl adjacent to an activating group) is 1. The number of anilines is 1. The van der Waals surface area contributed by atoms with E-state index in [0.29, 0.717) is 26.1 Å². The Balaban J connectivity index is 1.49. The van der Waals surface area contributed by atoms with Crippen LogP contribution in [0, 0.1) is 0 Å². The number of nitrogens with zero attached hydrogens (tertiary/aromatic N) is 3. The number of carbonyl (C=O) groups is 2. The first-order valence-corrected chi connectivity index (χ1v) is 8.70. The van der Waals surface area contributed by atoms with Gasteiger partial charge in [0, 0.05) is 62.9 Å². The molecule has 2 aliphatic rings. The summed E-state index contributed by atoms with van der Waals surface area (Å²) in [5.41, 5.74) is 1.09. The van der Waals surface area contributed by atoms with Crippen LogP contribution in [0.25, 0.3) is 0 Å². The Morgan fingerprint density at radius 2 is 2.00 bits per heavy atom. The predicted octanol–water partition coefficient (Wildman–Crippen LogP) is 1.79. The normalized spacial score (nSPS) is 21.8. The summed E-state index contributed by atoms with van der Waals surface area (Å²) in [4.78, 5) is 29.7. The molecule has 0 aromatic heterocycles. The molecule has 1 unspecified atom stereocenters.